The fraction of sp³-hybridized carbons (Fsp3) is 0.400. The van der Waals surface area contributed by atoms with E-state index >= 15 is 0 Å². The smallest absolute Gasteiger partial charge is 0.229 e. The minimum atomic E-state index is -0.441. The number of halogens is 2. The Morgan fingerprint density at radius 2 is 1.86 bits per heavy atom. The summed E-state index contributed by atoms with van der Waals surface area (Å²) >= 11 is 3.24. The Morgan fingerprint density at radius 3 is 2.55 bits per heavy atom. The molecule has 0 N–H and O–H groups in total. The van der Waals surface area contributed by atoms with Crippen LogP contribution in [-0.4, -0.2) is 35.7 Å². The van der Waals surface area contributed by atoms with E-state index in [0.29, 0.717) is 23.1 Å². The van der Waals surface area contributed by atoms with Crippen LogP contribution in [0.3, 0.4) is 0 Å². The number of carbonyl (C=O) groups excluding carboxylic acids is 3. The van der Waals surface area contributed by atoms with Crippen LogP contribution in [0.4, 0.5) is 10.1 Å². The lowest BCUT2D eigenvalue weighted by Gasteiger charge is -2.20. The molecule has 0 aromatic heterocycles. The summed E-state index contributed by atoms with van der Waals surface area (Å²) in [6.07, 6.45) is 1.04. The van der Waals surface area contributed by atoms with Crippen LogP contribution in [0.1, 0.15) is 24.8 Å². The van der Waals surface area contributed by atoms with Crippen LogP contribution in [-0.2, 0) is 20.8 Å². The number of amides is 3. The van der Waals surface area contributed by atoms with Gasteiger partial charge in [-0.1, -0.05) is 15.9 Å². The predicted octanol–water partition coefficient (Wildman–Crippen LogP) is 2.02. The van der Waals surface area contributed by atoms with Gasteiger partial charge in [-0.15, -0.1) is 0 Å². The number of rotatable bonds is 3. The lowest BCUT2D eigenvalue weighted by atomic mass is 10.1. The highest BCUT2D eigenvalue weighted by Crippen LogP contribution is 2.34. The molecule has 3 rings (SSSR count). The van der Waals surface area contributed by atoms with Crippen LogP contribution in [0.5, 0.6) is 0 Å². The fourth-order valence-electron chi connectivity index (χ4n) is 2.92. The van der Waals surface area contributed by atoms with Crippen molar-refractivity contribution in [2.45, 2.75) is 25.7 Å². The molecule has 2 aliphatic heterocycles. The molecule has 0 unspecified atom stereocenters. The number of carbonyl (C=O) groups is 3. The first-order chi connectivity index (χ1) is 10.5. The molecule has 0 atom stereocenters. The van der Waals surface area contributed by atoms with Crippen LogP contribution >= 0.6 is 15.9 Å². The van der Waals surface area contributed by atoms with Crippen molar-refractivity contribution >= 4 is 39.3 Å². The summed E-state index contributed by atoms with van der Waals surface area (Å²) in [5.41, 5.74) is 1.10. The van der Waals surface area contributed by atoms with Gasteiger partial charge in [0.15, 0.2) is 0 Å². The predicted molar refractivity (Wildman–Crippen MR) is 80.7 cm³/mol. The van der Waals surface area contributed by atoms with Crippen LogP contribution in [0, 0.1) is 5.82 Å². The molecule has 22 heavy (non-hydrogen) atoms. The molecular weight excluding hydrogens is 355 g/mol. The molecule has 3 amide bonds. The Morgan fingerprint density at radius 1 is 1.18 bits per heavy atom. The second-order valence-corrected chi connectivity index (χ2v) is 6.30. The molecule has 1 aromatic carbocycles. The molecule has 0 radical (unpaired) electrons. The second kappa shape index (κ2) is 5.79. The van der Waals surface area contributed by atoms with Gasteiger partial charge in [0, 0.05) is 36.8 Å². The summed E-state index contributed by atoms with van der Waals surface area (Å²) in [4.78, 5) is 37.9. The van der Waals surface area contributed by atoms with Crippen molar-refractivity contribution in [1.29, 1.82) is 0 Å². The normalized spacial score (nSPS) is 17.4. The summed E-state index contributed by atoms with van der Waals surface area (Å²) in [5.74, 6) is -1.19. The van der Waals surface area contributed by atoms with Gasteiger partial charge >= 0.3 is 0 Å². The van der Waals surface area contributed by atoms with Gasteiger partial charge in [0.05, 0.1) is 5.69 Å². The van der Waals surface area contributed by atoms with E-state index in [1.165, 1.54) is 11.0 Å². The molecule has 7 heteroatoms. The highest BCUT2D eigenvalue weighted by Gasteiger charge is 2.32. The van der Waals surface area contributed by atoms with E-state index in [4.69, 9.17) is 0 Å². The average Bonchev–Trinajstić information content (AvgIpc) is 3.01. The number of fused-ring (bicyclic) bond motifs is 1. The number of likely N-dealkylation sites (tertiary alicyclic amines) is 1. The zero-order valence-electron chi connectivity index (χ0n) is 11.8. The first kappa shape index (κ1) is 15.1. The summed E-state index contributed by atoms with van der Waals surface area (Å²) in [6, 6.07) is 3.14. The molecule has 2 heterocycles. The molecule has 1 fully saturated rings. The maximum absolute atomic E-state index is 14.1. The third-order valence-corrected chi connectivity index (χ3v) is 4.44. The van der Waals surface area contributed by atoms with Gasteiger partial charge in [-0.2, -0.15) is 0 Å². The molecule has 1 saturated heterocycles. The Labute approximate surface area is 135 Å². The minimum absolute atomic E-state index is 0.0203. The molecule has 0 saturated carbocycles. The molecule has 116 valence electrons. The zero-order valence-corrected chi connectivity index (χ0v) is 13.4. The van der Waals surface area contributed by atoms with Gasteiger partial charge < -0.3 is 4.90 Å². The Hall–Kier alpha value is -1.76. The van der Waals surface area contributed by atoms with Crippen LogP contribution in [0.25, 0.3) is 0 Å². The summed E-state index contributed by atoms with van der Waals surface area (Å²) in [6.45, 7) is 0.490. The van der Waals surface area contributed by atoms with Crippen LogP contribution < -0.4 is 4.90 Å². The van der Waals surface area contributed by atoms with E-state index in [1.54, 1.807) is 6.07 Å². The van der Waals surface area contributed by atoms with Gasteiger partial charge in [-0.25, -0.2) is 4.39 Å². The van der Waals surface area contributed by atoms with Gasteiger partial charge in [0.2, 0.25) is 17.7 Å². The van der Waals surface area contributed by atoms with Crippen molar-refractivity contribution in [3.8, 4) is 0 Å². The first-order valence-electron chi connectivity index (χ1n) is 7.09. The minimum Gasteiger partial charge on any atom is -0.309 e. The lowest BCUT2D eigenvalue weighted by Crippen LogP contribution is -2.36. The van der Waals surface area contributed by atoms with Crippen molar-refractivity contribution < 1.29 is 18.8 Å². The van der Waals surface area contributed by atoms with Crippen molar-refractivity contribution in [1.82, 2.24) is 4.90 Å². The maximum atomic E-state index is 14.1. The van der Waals surface area contributed by atoms with Gasteiger partial charge in [0.25, 0.3) is 0 Å². The third kappa shape index (κ3) is 2.65. The number of benzene rings is 1. The zero-order chi connectivity index (χ0) is 15.9. The van der Waals surface area contributed by atoms with E-state index in [-0.39, 0.29) is 43.5 Å². The Kier molecular flexibility index (Phi) is 3.99. The number of hydrogen-bond acceptors (Lipinski definition) is 3. The quantitative estimate of drug-likeness (QED) is 0.766. The van der Waals surface area contributed by atoms with E-state index in [9.17, 15) is 18.8 Å². The number of nitrogens with zero attached hydrogens (tertiary/aromatic N) is 2. The topological polar surface area (TPSA) is 57.7 Å². The van der Waals surface area contributed by atoms with Gasteiger partial charge in [0.1, 0.15) is 5.82 Å². The van der Waals surface area contributed by atoms with Crippen LogP contribution in [0.15, 0.2) is 16.6 Å². The number of hydrogen-bond donors (Lipinski definition) is 0. The molecule has 0 bridgehead atoms. The lowest BCUT2D eigenvalue weighted by molar-refractivity contribution is -0.138. The molecule has 0 spiro atoms. The Bertz CT molecular complexity index is 661. The van der Waals surface area contributed by atoms with Gasteiger partial charge in [-0.05, 0) is 24.1 Å². The second-order valence-electron chi connectivity index (χ2n) is 5.38. The Balaban J connectivity index is 1.71. The number of imide groups is 1. The van der Waals surface area contributed by atoms with E-state index in [1.807, 2.05) is 0 Å². The molecule has 1 aromatic rings. The molecule has 2 aliphatic rings. The third-order valence-electron chi connectivity index (χ3n) is 3.99. The molecule has 5 nitrogen and oxygen atoms in total. The largest absolute Gasteiger partial charge is 0.309 e. The van der Waals surface area contributed by atoms with Crippen molar-refractivity contribution in [3.05, 3.63) is 28.0 Å². The van der Waals surface area contributed by atoms with E-state index in [0.717, 1.165) is 10.5 Å². The standard InChI is InChI=1S/C15H14BrFN2O3/c16-10-7-9-3-5-19(15(9)11(17)8-10)14(22)4-6-18-12(20)1-2-13(18)21/h7-8H,1-6H2. The van der Waals surface area contributed by atoms with Crippen molar-refractivity contribution in [3.63, 3.8) is 0 Å². The highest BCUT2D eigenvalue weighted by molar-refractivity contribution is 9.10. The summed E-state index contributed by atoms with van der Waals surface area (Å²) in [7, 11) is 0. The summed E-state index contributed by atoms with van der Waals surface area (Å²) in [5, 5.41) is 0. The van der Waals surface area contributed by atoms with Crippen molar-refractivity contribution in [2.24, 2.45) is 0 Å². The summed E-state index contributed by atoms with van der Waals surface area (Å²) < 4.78 is 14.7. The molecule has 0 aliphatic carbocycles. The average molecular weight is 369 g/mol. The maximum Gasteiger partial charge on any atom is 0.229 e. The molecular formula is C15H14BrFN2O3. The van der Waals surface area contributed by atoms with E-state index < -0.39 is 5.82 Å². The number of anilines is 1. The van der Waals surface area contributed by atoms with E-state index in [2.05, 4.69) is 15.9 Å². The SMILES string of the molecule is O=C1CCC(=O)N1CCC(=O)N1CCc2cc(Br)cc(F)c21. The van der Waals surface area contributed by atoms with Gasteiger partial charge in [-0.3, -0.25) is 19.3 Å². The highest BCUT2D eigenvalue weighted by atomic mass is 79.9. The monoisotopic (exact) mass is 368 g/mol. The van der Waals surface area contributed by atoms with Crippen LogP contribution in [0.2, 0.25) is 0 Å². The first-order valence-corrected chi connectivity index (χ1v) is 7.88. The fourth-order valence-corrected chi connectivity index (χ4v) is 3.40. The van der Waals surface area contributed by atoms with Crippen molar-refractivity contribution in [2.75, 3.05) is 18.0 Å².